The number of fused-ring (bicyclic) bond motifs is 7. The van der Waals surface area contributed by atoms with Crippen LogP contribution in [0.25, 0.3) is 0 Å². The molecule has 0 aromatic rings. The van der Waals surface area contributed by atoms with Crippen molar-refractivity contribution in [3.8, 4) is 0 Å². The fourth-order valence-corrected chi connectivity index (χ4v) is 14.2. The first kappa shape index (κ1) is 46.2. The highest BCUT2D eigenvalue weighted by Gasteiger charge is 2.67. The first-order valence-corrected chi connectivity index (χ1v) is 22.3. The van der Waals surface area contributed by atoms with Gasteiger partial charge in [-0.2, -0.15) is 0 Å². The fraction of sp³-hybridized carbons (Fsp3) is 0.750. The standard InChI is InChI=1S/C44H64N6O13/c1-19-15-42(3)24(12-36(61)62)26-14-29-41(2,17-30(45)51)22(6-9-33(55)56)28(46-29)16-44-43(4,18-31(52)50-44)23(7-10-34(57)58)27(49-44)13-25-21(11-35(59)60)20(5-8-32(53)54)38(47-25)37(39(19)63)40(42)48-26/h13,19-26,28-29,38-39,46-49,63H,5-12,14-18H2,1-4H3,(H2,45,51)(H,50,52)(H,53,54)(H,55,56)(H,57,58)(H,59,60)(H,61,62)/b27-13-/t19-,20-,21-,22+,23+,24+,25?,26+,28-,29?,38?,39?,41-,42-,43-,44-/m0/s1. The highest BCUT2D eigenvalue weighted by molar-refractivity contribution is 5.82. The van der Waals surface area contributed by atoms with Gasteiger partial charge in [-0.05, 0) is 72.8 Å². The van der Waals surface area contributed by atoms with E-state index in [2.05, 4.69) is 26.6 Å². The number of aliphatic carboxylic acids is 5. The van der Waals surface area contributed by atoms with E-state index in [0.717, 1.165) is 0 Å². The lowest BCUT2D eigenvalue weighted by Crippen LogP contribution is -2.60. The molecule has 6 heterocycles. The number of carboxylic acid groups (broad SMARTS) is 5. The molecule has 19 nitrogen and oxygen atoms in total. The Bertz CT molecular complexity index is 2010. The maximum atomic E-state index is 13.7. The number of primary amides is 1. The predicted molar refractivity (Wildman–Crippen MR) is 222 cm³/mol. The van der Waals surface area contributed by atoms with E-state index in [1.807, 2.05) is 33.8 Å². The Labute approximate surface area is 365 Å². The van der Waals surface area contributed by atoms with E-state index in [4.69, 9.17) is 5.73 Å². The fourth-order valence-electron chi connectivity index (χ4n) is 14.2. The number of hydrogen-bond acceptors (Lipinski definition) is 12. The lowest BCUT2D eigenvalue weighted by Gasteiger charge is -2.44. The van der Waals surface area contributed by atoms with Crippen LogP contribution in [0.2, 0.25) is 0 Å². The molecule has 7 rings (SSSR count). The van der Waals surface area contributed by atoms with Gasteiger partial charge in [-0.3, -0.25) is 33.6 Å². The van der Waals surface area contributed by atoms with Gasteiger partial charge in [-0.1, -0.05) is 27.7 Å². The Morgan fingerprint density at radius 3 is 2.03 bits per heavy atom. The Balaban J connectivity index is 1.50. The number of carbonyl (C=O) groups excluding carboxylic acids is 2. The highest BCUT2D eigenvalue weighted by atomic mass is 16.4. The number of aliphatic hydroxyl groups excluding tert-OH is 1. The molecule has 13 N–H and O–H groups in total. The minimum atomic E-state index is -1.25. The van der Waals surface area contributed by atoms with Gasteiger partial charge in [0.15, 0.2) is 0 Å². The van der Waals surface area contributed by atoms with Crippen LogP contribution in [0.3, 0.4) is 0 Å². The lowest BCUT2D eigenvalue weighted by molar-refractivity contribution is -0.140. The molecule has 8 bridgehead atoms. The molecule has 4 unspecified atom stereocenters. The summed E-state index contributed by atoms with van der Waals surface area (Å²) in [6, 6.07) is -3.21. The van der Waals surface area contributed by atoms with Crippen LogP contribution >= 0.6 is 0 Å². The summed E-state index contributed by atoms with van der Waals surface area (Å²) in [4.78, 5) is 88.9. The normalized spacial score (nSPS) is 43.3. The third-order valence-electron chi connectivity index (χ3n) is 16.9. The summed E-state index contributed by atoms with van der Waals surface area (Å²) in [5.74, 6) is -9.68. The molecule has 1 aliphatic carbocycles. The SMILES string of the molecule is C[C@H]1C[C@]2(C)C3=C(C4NC(/C=C5\N[C@@]6(C[C@@H]7NC(C[C@@H](N3)[C@H]2CC(=O)O)[C@@](C)(CC(N)=O)[C@@H]7CCC(=O)O)NC(=O)C[C@@]6(C)[C@@H]5CCC(=O)O)[C@@H](CC(=O)O)[C@@H]4CCC(=O)O)C1O. The molecule has 1 spiro atoms. The highest BCUT2D eigenvalue weighted by Crippen LogP contribution is 2.61. The molecule has 2 amide bonds. The van der Waals surface area contributed by atoms with Crippen LogP contribution < -0.4 is 32.3 Å². The summed E-state index contributed by atoms with van der Waals surface area (Å²) in [6.07, 6.45) is 0.288. The molecule has 16 atom stereocenters. The van der Waals surface area contributed by atoms with Gasteiger partial charge in [-0.15, -0.1) is 0 Å². The van der Waals surface area contributed by atoms with E-state index in [0.29, 0.717) is 23.4 Å². The smallest absolute Gasteiger partial charge is 0.303 e. The van der Waals surface area contributed by atoms with Crippen LogP contribution in [0.1, 0.15) is 111 Å². The zero-order valence-electron chi connectivity index (χ0n) is 36.3. The second kappa shape index (κ2) is 16.7. The Kier molecular flexibility index (Phi) is 12.2. The van der Waals surface area contributed by atoms with Crippen LogP contribution in [0, 0.1) is 51.8 Å². The van der Waals surface area contributed by atoms with Gasteiger partial charge < -0.3 is 63.0 Å². The lowest BCUT2D eigenvalue weighted by atomic mass is 9.60. The van der Waals surface area contributed by atoms with Crippen molar-refractivity contribution in [2.45, 2.75) is 153 Å². The van der Waals surface area contributed by atoms with Crippen molar-refractivity contribution in [2.75, 3.05) is 0 Å². The number of rotatable bonds is 15. The summed E-state index contributed by atoms with van der Waals surface area (Å²) < 4.78 is 0. The third-order valence-corrected chi connectivity index (χ3v) is 16.9. The quantitative estimate of drug-likeness (QED) is 0.110. The van der Waals surface area contributed by atoms with E-state index in [-0.39, 0.29) is 83.0 Å². The Hall–Kier alpha value is -4.75. The molecule has 6 aliphatic heterocycles. The largest absolute Gasteiger partial charge is 0.481 e. The minimum absolute atomic E-state index is 0.00158. The van der Waals surface area contributed by atoms with E-state index < -0.39 is 129 Å². The molecule has 5 saturated heterocycles. The van der Waals surface area contributed by atoms with Crippen molar-refractivity contribution < 1.29 is 64.2 Å². The van der Waals surface area contributed by atoms with Gasteiger partial charge in [0.25, 0.3) is 0 Å². The van der Waals surface area contributed by atoms with Crippen molar-refractivity contribution in [2.24, 2.45) is 57.5 Å². The average molecular weight is 885 g/mol. The Morgan fingerprint density at radius 2 is 1.41 bits per heavy atom. The van der Waals surface area contributed by atoms with Gasteiger partial charge in [0.05, 0.1) is 18.9 Å². The number of carboxylic acids is 5. The van der Waals surface area contributed by atoms with Gasteiger partial charge in [0.1, 0.15) is 5.66 Å². The third kappa shape index (κ3) is 8.06. The van der Waals surface area contributed by atoms with Crippen LogP contribution in [0.4, 0.5) is 0 Å². The molecule has 5 fully saturated rings. The van der Waals surface area contributed by atoms with Crippen molar-refractivity contribution in [1.82, 2.24) is 26.6 Å². The maximum Gasteiger partial charge on any atom is 0.303 e. The van der Waals surface area contributed by atoms with Gasteiger partial charge >= 0.3 is 29.8 Å². The number of aliphatic hydroxyl groups is 1. The summed E-state index contributed by atoms with van der Waals surface area (Å²) in [5.41, 5.74) is 3.62. The molecule has 19 heteroatoms. The molecule has 348 valence electrons. The van der Waals surface area contributed by atoms with E-state index in [9.17, 15) is 64.2 Å². The zero-order valence-corrected chi connectivity index (χ0v) is 36.3. The molecular formula is C44H64N6O13. The second-order valence-corrected chi connectivity index (χ2v) is 20.6. The van der Waals surface area contributed by atoms with E-state index >= 15 is 0 Å². The topological polar surface area (TPSA) is 327 Å². The zero-order chi connectivity index (χ0) is 46.1. The molecule has 0 radical (unpaired) electrons. The number of hydrogen-bond donors (Lipinski definition) is 12. The van der Waals surface area contributed by atoms with E-state index in [1.165, 1.54) is 0 Å². The number of carbonyl (C=O) groups is 7. The molecular weight excluding hydrogens is 821 g/mol. The van der Waals surface area contributed by atoms with Crippen LogP contribution in [-0.4, -0.2) is 114 Å². The van der Waals surface area contributed by atoms with Crippen LogP contribution in [-0.2, 0) is 33.6 Å². The van der Waals surface area contributed by atoms with Crippen LogP contribution in [0.5, 0.6) is 0 Å². The first-order valence-electron chi connectivity index (χ1n) is 22.3. The minimum Gasteiger partial charge on any atom is -0.481 e. The maximum absolute atomic E-state index is 13.7. The molecule has 0 aromatic carbocycles. The summed E-state index contributed by atoms with van der Waals surface area (Å²) in [5, 5.41) is 81.1. The van der Waals surface area contributed by atoms with Crippen molar-refractivity contribution in [3.63, 3.8) is 0 Å². The van der Waals surface area contributed by atoms with Gasteiger partial charge in [-0.25, -0.2) is 0 Å². The summed E-state index contributed by atoms with van der Waals surface area (Å²) in [6.45, 7) is 7.64. The monoisotopic (exact) mass is 884 g/mol. The van der Waals surface area contributed by atoms with Gasteiger partial charge in [0, 0.05) is 103 Å². The molecule has 0 saturated carbocycles. The van der Waals surface area contributed by atoms with E-state index in [1.54, 1.807) is 0 Å². The molecule has 7 aliphatic rings. The predicted octanol–water partition coefficient (Wildman–Crippen LogP) is 1.31. The van der Waals surface area contributed by atoms with Crippen molar-refractivity contribution >= 4 is 41.7 Å². The average Bonchev–Trinajstić information content (AvgIpc) is 3.82. The first-order chi connectivity index (χ1) is 29.4. The second-order valence-electron chi connectivity index (χ2n) is 20.6. The Morgan fingerprint density at radius 1 is 0.778 bits per heavy atom. The number of allylic oxidation sites excluding steroid dienone is 2. The van der Waals surface area contributed by atoms with Gasteiger partial charge in [0.2, 0.25) is 11.8 Å². The van der Waals surface area contributed by atoms with Crippen LogP contribution in [0.15, 0.2) is 23.0 Å². The number of nitrogens with one attached hydrogen (secondary N) is 5. The number of nitrogens with two attached hydrogens (primary N) is 1. The number of amides is 2. The van der Waals surface area contributed by atoms with Crippen molar-refractivity contribution in [1.29, 1.82) is 0 Å². The summed E-state index contributed by atoms with van der Waals surface area (Å²) in [7, 11) is 0. The summed E-state index contributed by atoms with van der Waals surface area (Å²) >= 11 is 0. The molecule has 0 aromatic heterocycles. The van der Waals surface area contributed by atoms with Crippen molar-refractivity contribution in [3.05, 3.63) is 23.0 Å². The molecule has 63 heavy (non-hydrogen) atoms.